The van der Waals surface area contributed by atoms with Gasteiger partial charge in [-0.15, -0.1) is 0 Å². The number of rotatable bonds is 3. The second kappa shape index (κ2) is 5.11. The molecule has 1 aromatic heterocycles. The van der Waals surface area contributed by atoms with Crippen LogP contribution in [0.2, 0.25) is 5.02 Å². The number of nitrogens with one attached hydrogen (secondary N) is 1. The van der Waals surface area contributed by atoms with E-state index in [2.05, 4.69) is 17.1 Å². The van der Waals surface area contributed by atoms with Crippen molar-refractivity contribution in [3.8, 4) is 0 Å². The van der Waals surface area contributed by atoms with E-state index in [1.165, 1.54) is 5.39 Å². The first-order chi connectivity index (χ1) is 9.26. The Labute approximate surface area is 119 Å². The number of H-pyrrole nitrogens is 1. The molecule has 3 aromatic rings. The van der Waals surface area contributed by atoms with E-state index >= 15 is 0 Å². The van der Waals surface area contributed by atoms with Gasteiger partial charge in [-0.25, -0.2) is 0 Å². The van der Waals surface area contributed by atoms with Crippen LogP contribution in [0.4, 0.5) is 0 Å². The number of para-hydroxylation sites is 1. The van der Waals surface area contributed by atoms with E-state index in [0.717, 1.165) is 21.7 Å². The maximum Gasteiger partial charge on any atom is 0.150 e. The summed E-state index contributed by atoms with van der Waals surface area (Å²) in [5.41, 5.74) is 1.69. The summed E-state index contributed by atoms with van der Waals surface area (Å²) >= 11 is 7.72. The lowest BCUT2D eigenvalue weighted by Gasteiger charge is -2.02. The number of fused-ring (bicyclic) bond motifs is 1. The van der Waals surface area contributed by atoms with Crippen molar-refractivity contribution in [2.45, 2.75) is 9.92 Å². The van der Waals surface area contributed by atoms with Gasteiger partial charge in [0, 0.05) is 21.4 Å². The number of aldehydes is 1. The van der Waals surface area contributed by atoms with Gasteiger partial charge >= 0.3 is 0 Å². The van der Waals surface area contributed by atoms with Crippen molar-refractivity contribution in [1.29, 1.82) is 0 Å². The number of carbonyl (C=O) groups excluding carboxylic acids is 1. The lowest BCUT2D eigenvalue weighted by Crippen LogP contribution is -1.81. The van der Waals surface area contributed by atoms with Crippen molar-refractivity contribution >= 4 is 40.6 Å². The van der Waals surface area contributed by atoms with Crippen LogP contribution in [0.1, 0.15) is 10.4 Å². The Kier molecular flexibility index (Phi) is 3.32. The van der Waals surface area contributed by atoms with Gasteiger partial charge in [0.15, 0.2) is 0 Å². The van der Waals surface area contributed by atoms with Crippen LogP contribution >= 0.6 is 23.4 Å². The number of halogens is 1. The molecule has 2 aromatic carbocycles. The zero-order valence-electron chi connectivity index (χ0n) is 9.89. The van der Waals surface area contributed by atoms with Crippen molar-refractivity contribution in [2.75, 3.05) is 0 Å². The van der Waals surface area contributed by atoms with Crippen LogP contribution < -0.4 is 0 Å². The largest absolute Gasteiger partial charge is 0.349 e. The average Bonchev–Trinajstić information content (AvgIpc) is 2.83. The molecule has 0 aliphatic heterocycles. The fraction of sp³-hybridized carbons (Fsp3) is 0. The molecule has 0 saturated heterocycles. The highest BCUT2D eigenvalue weighted by molar-refractivity contribution is 7.99. The minimum absolute atomic E-state index is 0.589. The summed E-state index contributed by atoms with van der Waals surface area (Å²) in [4.78, 5) is 14.9. The smallest absolute Gasteiger partial charge is 0.150 e. The van der Waals surface area contributed by atoms with Crippen LogP contribution in [-0.2, 0) is 0 Å². The molecular formula is C15H10ClNOS. The first-order valence-corrected chi connectivity index (χ1v) is 6.96. The van der Waals surface area contributed by atoms with Crippen molar-refractivity contribution in [2.24, 2.45) is 0 Å². The summed E-state index contributed by atoms with van der Waals surface area (Å²) < 4.78 is 0. The Morgan fingerprint density at radius 2 is 1.95 bits per heavy atom. The van der Waals surface area contributed by atoms with Crippen molar-refractivity contribution in [1.82, 2.24) is 4.98 Å². The zero-order chi connectivity index (χ0) is 13.2. The van der Waals surface area contributed by atoms with E-state index in [4.69, 9.17) is 11.6 Å². The molecule has 0 atom stereocenters. The van der Waals surface area contributed by atoms with Crippen LogP contribution in [0.15, 0.2) is 58.5 Å². The standard InChI is InChI=1S/C15H10ClNOS/c16-12-7-10(9-18)5-6-14(12)19-15-8-11-3-1-2-4-13(11)17-15/h1-9,17H. The predicted octanol–water partition coefficient (Wildman–Crippen LogP) is 4.79. The van der Waals surface area contributed by atoms with Gasteiger partial charge in [0.2, 0.25) is 0 Å². The number of benzene rings is 2. The van der Waals surface area contributed by atoms with Gasteiger partial charge in [-0.3, -0.25) is 4.79 Å². The third-order valence-corrected chi connectivity index (χ3v) is 4.26. The Hall–Kier alpha value is -1.71. The number of carbonyl (C=O) groups is 1. The summed E-state index contributed by atoms with van der Waals surface area (Å²) in [6, 6.07) is 15.5. The van der Waals surface area contributed by atoms with Crippen LogP contribution in [0.25, 0.3) is 10.9 Å². The van der Waals surface area contributed by atoms with E-state index in [9.17, 15) is 4.79 Å². The molecule has 0 spiro atoms. The fourth-order valence-corrected chi connectivity index (χ4v) is 3.07. The van der Waals surface area contributed by atoms with Crippen LogP contribution in [0.3, 0.4) is 0 Å². The van der Waals surface area contributed by atoms with Gasteiger partial charge in [0.1, 0.15) is 6.29 Å². The van der Waals surface area contributed by atoms with Gasteiger partial charge in [-0.05, 0) is 24.3 Å². The molecule has 19 heavy (non-hydrogen) atoms. The molecule has 1 N–H and O–H groups in total. The molecule has 0 amide bonds. The van der Waals surface area contributed by atoms with Crippen LogP contribution in [-0.4, -0.2) is 11.3 Å². The fourth-order valence-electron chi connectivity index (χ4n) is 1.89. The van der Waals surface area contributed by atoms with Gasteiger partial charge in [0.05, 0.1) is 10.0 Å². The SMILES string of the molecule is O=Cc1ccc(Sc2cc3ccccc3[nH]2)c(Cl)c1. The van der Waals surface area contributed by atoms with Crippen molar-refractivity contribution in [3.63, 3.8) is 0 Å². The lowest BCUT2D eigenvalue weighted by molar-refractivity contribution is 0.112. The topological polar surface area (TPSA) is 32.9 Å². The number of hydrogen-bond donors (Lipinski definition) is 1. The molecule has 0 aliphatic carbocycles. The molecule has 0 saturated carbocycles. The molecule has 0 fully saturated rings. The van der Waals surface area contributed by atoms with Crippen LogP contribution in [0, 0.1) is 0 Å². The third kappa shape index (κ3) is 2.53. The van der Waals surface area contributed by atoms with E-state index in [1.54, 1.807) is 23.9 Å². The normalized spacial score (nSPS) is 10.8. The van der Waals surface area contributed by atoms with Crippen LogP contribution in [0.5, 0.6) is 0 Å². The van der Waals surface area contributed by atoms with Gasteiger partial charge in [-0.2, -0.15) is 0 Å². The molecule has 0 radical (unpaired) electrons. The molecule has 94 valence electrons. The number of aromatic amines is 1. The average molecular weight is 288 g/mol. The van der Waals surface area contributed by atoms with Crippen molar-refractivity contribution < 1.29 is 4.79 Å². The highest BCUT2D eigenvalue weighted by atomic mass is 35.5. The first-order valence-electron chi connectivity index (χ1n) is 5.76. The molecule has 0 bridgehead atoms. The molecule has 0 unspecified atom stereocenters. The Morgan fingerprint density at radius 3 is 2.68 bits per heavy atom. The van der Waals surface area contributed by atoms with Crippen molar-refractivity contribution in [3.05, 3.63) is 59.1 Å². The third-order valence-electron chi connectivity index (χ3n) is 2.82. The Bertz CT molecular complexity index is 718. The maximum absolute atomic E-state index is 10.7. The Morgan fingerprint density at radius 1 is 1.11 bits per heavy atom. The molecular weight excluding hydrogens is 278 g/mol. The number of hydrogen-bond acceptors (Lipinski definition) is 2. The summed E-state index contributed by atoms with van der Waals surface area (Å²) in [6.07, 6.45) is 0.795. The van der Waals surface area contributed by atoms with Gasteiger partial charge in [-0.1, -0.05) is 47.6 Å². The summed E-state index contributed by atoms with van der Waals surface area (Å²) in [7, 11) is 0. The van der Waals surface area contributed by atoms with E-state index < -0.39 is 0 Å². The van der Waals surface area contributed by atoms with E-state index in [-0.39, 0.29) is 0 Å². The lowest BCUT2D eigenvalue weighted by atomic mass is 10.2. The van der Waals surface area contributed by atoms with E-state index in [0.29, 0.717) is 10.6 Å². The molecule has 2 nitrogen and oxygen atoms in total. The van der Waals surface area contributed by atoms with Gasteiger partial charge in [0.25, 0.3) is 0 Å². The zero-order valence-corrected chi connectivity index (χ0v) is 11.5. The second-order valence-corrected chi connectivity index (χ2v) is 5.62. The molecule has 4 heteroatoms. The van der Waals surface area contributed by atoms with Gasteiger partial charge < -0.3 is 4.98 Å². The minimum Gasteiger partial charge on any atom is -0.349 e. The molecule has 3 rings (SSSR count). The summed E-state index contributed by atoms with van der Waals surface area (Å²) in [5.74, 6) is 0. The first kappa shape index (κ1) is 12.3. The number of aromatic nitrogens is 1. The predicted molar refractivity (Wildman–Crippen MR) is 79.3 cm³/mol. The monoisotopic (exact) mass is 287 g/mol. The highest BCUT2D eigenvalue weighted by Gasteiger charge is 2.06. The maximum atomic E-state index is 10.7. The minimum atomic E-state index is 0.589. The summed E-state index contributed by atoms with van der Waals surface area (Å²) in [6.45, 7) is 0. The Balaban J connectivity index is 1.94. The second-order valence-electron chi connectivity index (χ2n) is 4.13. The summed E-state index contributed by atoms with van der Waals surface area (Å²) in [5, 5.41) is 2.79. The van der Waals surface area contributed by atoms with E-state index in [1.807, 2.05) is 24.3 Å². The molecule has 1 heterocycles. The molecule has 0 aliphatic rings. The highest BCUT2D eigenvalue weighted by Crippen LogP contribution is 2.34. The quantitative estimate of drug-likeness (QED) is 0.703.